The highest BCUT2D eigenvalue weighted by molar-refractivity contribution is 5.98. The van der Waals surface area contributed by atoms with Crippen molar-refractivity contribution in [2.75, 3.05) is 7.11 Å². The number of para-hydroxylation sites is 1. The van der Waals surface area contributed by atoms with E-state index in [2.05, 4.69) is 4.84 Å². The van der Waals surface area contributed by atoms with Crippen LogP contribution in [0.3, 0.4) is 0 Å². The molecule has 0 spiro atoms. The molecule has 0 aromatic heterocycles. The highest BCUT2D eigenvalue weighted by Crippen LogP contribution is 2.22. The third-order valence-corrected chi connectivity index (χ3v) is 1.86. The molecule has 0 unspecified atom stereocenters. The molecule has 0 bridgehead atoms. The van der Waals surface area contributed by atoms with Gasteiger partial charge in [-0.3, -0.25) is 19.7 Å². The Morgan fingerprint density at radius 2 is 2.20 bits per heavy atom. The Labute approximate surface area is 86.0 Å². The van der Waals surface area contributed by atoms with Gasteiger partial charge in [0.15, 0.2) is 0 Å². The van der Waals surface area contributed by atoms with E-state index in [9.17, 15) is 14.9 Å². The SMILES string of the molecule is CONC(=O)c1cccc(C)c1[N+](=O)[O-]. The number of hydrogen-bond acceptors (Lipinski definition) is 4. The van der Waals surface area contributed by atoms with Crippen LogP contribution in [0.15, 0.2) is 18.2 Å². The van der Waals surface area contributed by atoms with Crippen molar-refractivity contribution in [1.29, 1.82) is 0 Å². The fraction of sp³-hybridized carbons (Fsp3) is 0.222. The average molecular weight is 210 g/mol. The second-order valence-corrected chi connectivity index (χ2v) is 2.86. The van der Waals surface area contributed by atoms with Crippen LogP contribution < -0.4 is 5.48 Å². The van der Waals surface area contributed by atoms with Gasteiger partial charge in [0.2, 0.25) is 0 Å². The molecule has 1 aromatic rings. The average Bonchev–Trinajstić information content (AvgIpc) is 2.17. The summed E-state index contributed by atoms with van der Waals surface area (Å²) in [5, 5.41) is 10.7. The van der Waals surface area contributed by atoms with Crippen LogP contribution in [0.2, 0.25) is 0 Å². The number of carbonyl (C=O) groups is 1. The van der Waals surface area contributed by atoms with E-state index in [-0.39, 0.29) is 11.3 Å². The van der Waals surface area contributed by atoms with E-state index in [0.717, 1.165) is 0 Å². The number of nitrogens with zero attached hydrogens (tertiary/aromatic N) is 1. The molecule has 0 saturated carbocycles. The van der Waals surface area contributed by atoms with Crippen LogP contribution in [0.4, 0.5) is 5.69 Å². The lowest BCUT2D eigenvalue weighted by atomic mass is 10.1. The van der Waals surface area contributed by atoms with E-state index in [0.29, 0.717) is 5.56 Å². The molecular formula is C9H10N2O4. The maximum atomic E-state index is 11.4. The second-order valence-electron chi connectivity index (χ2n) is 2.86. The molecule has 1 rings (SSSR count). The van der Waals surface area contributed by atoms with Crippen molar-refractivity contribution in [3.63, 3.8) is 0 Å². The number of nitro benzene ring substituents is 1. The van der Waals surface area contributed by atoms with E-state index in [1.165, 1.54) is 13.2 Å². The number of nitro groups is 1. The third kappa shape index (κ3) is 2.29. The lowest BCUT2D eigenvalue weighted by molar-refractivity contribution is -0.385. The lowest BCUT2D eigenvalue weighted by Gasteiger charge is -2.04. The largest absolute Gasteiger partial charge is 0.285 e. The minimum absolute atomic E-state index is 0.0122. The molecule has 1 aromatic carbocycles. The zero-order valence-corrected chi connectivity index (χ0v) is 8.31. The molecule has 80 valence electrons. The molecule has 0 radical (unpaired) electrons. The Kier molecular flexibility index (Phi) is 3.35. The van der Waals surface area contributed by atoms with Crippen LogP contribution in [0.1, 0.15) is 15.9 Å². The number of carbonyl (C=O) groups excluding carboxylic acids is 1. The van der Waals surface area contributed by atoms with Gasteiger partial charge in [-0.1, -0.05) is 12.1 Å². The summed E-state index contributed by atoms with van der Waals surface area (Å²) >= 11 is 0. The standard InChI is InChI=1S/C9H10N2O4/c1-6-4-3-5-7(8(6)11(13)14)9(12)10-15-2/h3-5H,1-2H3,(H,10,12). The van der Waals surface area contributed by atoms with Crippen molar-refractivity contribution in [3.05, 3.63) is 39.4 Å². The molecule has 0 aliphatic rings. The van der Waals surface area contributed by atoms with Gasteiger partial charge < -0.3 is 0 Å². The summed E-state index contributed by atoms with van der Waals surface area (Å²) < 4.78 is 0. The van der Waals surface area contributed by atoms with Gasteiger partial charge in [0.05, 0.1) is 12.0 Å². The molecule has 1 amide bonds. The van der Waals surface area contributed by atoms with Crippen molar-refractivity contribution < 1.29 is 14.6 Å². The van der Waals surface area contributed by atoms with Gasteiger partial charge in [-0.05, 0) is 13.0 Å². The molecular weight excluding hydrogens is 200 g/mol. The molecule has 1 N–H and O–H groups in total. The molecule has 0 fully saturated rings. The van der Waals surface area contributed by atoms with Crippen LogP contribution >= 0.6 is 0 Å². The predicted molar refractivity (Wildman–Crippen MR) is 52.3 cm³/mol. The van der Waals surface area contributed by atoms with Gasteiger partial charge >= 0.3 is 0 Å². The van der Waals surface area contributed by atoms with Crippen LogP contribution in [-0.2, 0) is 4.84 Å². The zero-order chi connectivity index (χ0) is 11.4. The van der Waals surface area contributed by atoms with Gasteiger partial charge in [-0.15, -0.1) is 0 Å². The monoisotopic (exact) mass is 210 g/mol. The van der Waals surface area contributed by atoms with Gasteiger partial charge in [-0.2, -0.15) is 0 Å². The topological polar surface area (TPSA) is 81.5 Å². The van der Waals surface area contributed by atoms with Gasteiger partial charge in [0.1, 0.15) is 5.56 Å². The first-order valence-electron chi connectivity index (χ1n) is 4.15. The summed E-state index contributed by atoms with van der Waals surface area (Å²) in [7, 11) is 1.26. The maximum absolute atomic E-state index is 11.4. The van der Waals surface area contributed by atoms with Crippen LogP contribution in [0.25, 0.3) is 0 Å². The molecule has 0 heterocycles. The van der Waals surface area contributed by atoms with Crippen LogP contribution in [0, 0.1) is 17.0 Å². The first-order valence-corrected chi connectivity index (χ1v) is 4.15. The number of nitrogens with one attached hydrogen (secondary N) is 1. The van der Waals surface area contributed by atoms with Crippen LogP contribution in [0.5, 0.6) is 0 Å². The predicted octanol–water partition coefficient (Wildman–Crippen LogP) is 1.19. The summed E-state index contributed by atoms with van der Waals surface area (Å²) in [6, 6.07) is 4.52. The fourth-order valence-corrected chi connectivity index (χ4v) is 1.23. The molecule has 0 saturated heterocycles. The zero-order valence-electron chi connectivity index (χ0n) is 8.31. The van der Waals surface area contributed by atoms with Crippen molar-refractivity contribution in [1.82, 2.24) is 5.48 Å². The Balaban J connectivity index is 3.23. The molecule has 6 heteroatoms. The van der Waals surface area contributed by atoms with Gasteiger partial charge in [-0.25, -0.2) is 5.48 Å². The number of benzene rings is 1. The smallest absolute Gasteiger partial charge is 0.277 e. The van der Waals surface area contributed by atoms with E-state index in [1.807, 2.05) is 5.48 Å². The molecule has 0 atom stereocenters. The molecule has 15 heavy (non-hydrogen) atoms. The Hall–Kier alpha value is -1.95. The first kappa shape index (κ1) is 11.1. The summed E-state index contributed by atoms with van der Waals surface area (Å²) in [4.78, 5) is 25.9. The molecule has 0 aliphatic heterocycles. The third-order valence-electron chi connectivity index (χ3n) is 1.86. The van der Waals surface area contributed by atoms with Crippen LogP contribution in [-0.4, -0.2) is 17.9 Å². The normalized spacial score (nSPS) is 9.73. The maximum Gasteiger partial charge on any atom is 0.285 e. The number of amides is 1. The highest BCUT2D eigenvalue weighted by atomic mass is 16.6. The van der Waals surface area contributed by atoms with E-state index in [4.69, 9.17) is 0 Å². The minimum Gasteiger partial charge on any atom is -0.277 e. The summed E-state index contributed by atoms with van der Waals surface area (Å²) in [6.45, 7) is 1.57. The highest BCUT2D eigenvalue weighted by Gasteiger charge is 2.21. The summed E-state index contributed by atoms with van der Waals surface area (Å²) in [5.74, 6) is -0.632. The van der Waals surface area contributed by atoms with Gasteiger partial charge in [0, 0.05) is 5.56 Å². The second kappa shape index (κ2) is 4.52. The number of hydrogen-bond donors (Lipinski definition) is 1. The van der Waals surface area contributed by atoms with E-state index < -0.39 is 10.8 Å². The van der Waals surface area contributed by atoms with Gasteiger partial charge in [0.25, 0.3) is 11.6 Å². The number of hydroxylamine groups is 1. The van der Waals surface area contributed by atoms with Crippen molar-refractivity contribution in [2.45, 2.75) is 6.92 Å². The van der Waals surface area contributed by atoms with Crippen molar-refractivity contribution in [2.24, 2.45) is 0 Å². The lowest BCUT2D eigenvalue weighted by Crippen LogP contribution is -2.23. The van der Waals surface area contributed by atoms with Crippen molar-refractivity contribution in [3.8, 4) is 0 Å². The summed E-state index contributed by atoms with van der Waals surface area (Å²) in [5.41, 5.74) is 2.26. The Morgan fingerprint density at radius 1 is 1.53 bits per heavy atom. The minimum atomic E-state index is -0.632. The first-order chi connectivity index (χ1) is 7.07. The molecule has 0 aliphatic carbocycles. The van der Waals surface area contributed by atoms with E-state index >= 15 is 0 Å². The fourth-order valence-electron chi connectivity index (χ4n) is 1.23. The summed E-state index contributed by atoms with van der Waals surface area (Å²) in [6.07, 6.45) is 0. The quantitative estimate of drug-likeness (QED) is 0.600. The number of rotatable bonds is 3. The Morgan fingerprint density at radius 3 is 2.73 bits per heavy atom. The number of aryl methyl sites for hydroxylation is 1. The molecule has 6 nitrogen and oxygen atoms in total. The Bertz CT molecular complexity index is 403. The van der Waals surface area contributed by atoms with E-state index in [1.54, 1.807) is 19.1 Å². The van der Waals surface area contributed by atoms with Crippen molar-refractivity contribution >= 4 is 11.6 Å².